The van der Waals surface area contributed by atoms with Gasteiger partial charge < -0.3 is 9.13 Å². The summed E-state index contributed by atoms with van der Waals surface area (Å²) in [4.78, 5) is 10.1. The van der Waals surface area contributed by atoms with Gasteiger partial charge in [0.25, 0.3) is 0 Å². The summed E-state index contributed by atoms with van der Waals surface area (Å²) >= 11 is 0. The van der Waals surface area contributed by atoms with Crippen LogP contribution in [0.1, 0.15) is 18.4 Å². The quantitative estimate of drug-likeness (QED) is 0.161. The molecule has 0 saturated heterocycles. The number of para-hydroxylation sites is 3. The molecular weight excluding hydrogens is 753 g/mol. The zero-order valence-corrected chi connectivity index (χ0v) is 34.0. The molecule has 0 unspecified atom stereocenters. The number of hydrogen-bond donors (Lipinski definition) is 0. The topological polar surface area (TPSA) is 35.6 Å². The highest BCUT2D eigenvalue weighted by Crippen LogP contribution is 2.40. The minimum absolute atomic E-state index is 0.711. The van der Waals surface area contributed by atoms with E-state index in [9.17, 15) is 0 Å². The van der Waals surface area contributed by atoms with Crippen LogP contribution >= 0.6 is 0 Å². The van der Waals surface area contributed by atoms with Gasteiger partial charge in [0, 0.05) is 49.6 Å². The summed E-state index contributed by atoms with van der Waals surface area (Å²) < 4.78 is 4.89. The van der Waals surface area contributed by atoms with Crippen molar-refractivity contribution in [2.24, 2.45) is 0 Å². The SMILES string of the molecule is C1=C(c2ccc3c4ccccc4n(-c4ccccc4)c3c2)CCC(n2c3ccccc3c3ccc(-c4ccc(-c5nc(-c6ccccc6)cc(-c6ccccc6)n5)cc4)cc32)=C1. The molecule has 0 saturated carbocycles. The van der Waals surface area contributed by atoms with Crippen molar-refractivity contribution in [1.82, 2.24) is 19.1 Å². The normalized spacial score (nSPS) is 12.9. The highest BCUT2D eigenvalue weighted by molar-refractivity contribution is 6.12. The molecule has 3 heterocycles. The second-order valence-electron chi connectivity index (χ2n) is 16.1. The number of allylic oxidation sites excluding steroid dienone is 4. The molecule has 0 bridgehead atoms. The van der Waals surface area contributed by atoms with Crippen molar-refractivity contribution in [3.8, 4) is 50.7 Å². The van der Waals surface area contributed by atoms with Crippen LogP contribution in [0.5, 0.6) is 0 Å². The van der Waals surface area contributed by atoms with E-state index >= 15 is 0 Å². The highest BCUT2D eigenvalue weighted by atomic mass is 15.0. The van der Waals surface area contributed by atoms with Crippen molar-refractivity contribution in [3.05, 3.63) is 224 Å². The number of nitrogens with zero attached hydrogens (tertiary/aromatic N) is 4. The molecule has 3 aromatic heterocycles. The predicted molar refractivity (Wildman–Crippen MR) is 259 cm³/mol. The molecule has 0 fully saturated rings. The summed E-state index contributed by atoms with van der Waals surface area (Å²) in [6, 6.07) is 73.7. The first kappa shape index (κ1) is 35.8. The van der Waals surface area contributed by atoms with Gasteiger partial charge in [-0.1, -0.05) is 170 Å². The van der Waals surface area contributed by atoms with Gasteiger partial charge in [0.1, 0.15) is 0 Å². The Hall–Kier alpha value is -8.08. The zero-order chi connectivity index (χ0) is 41.0. The first-order valence-electron chi connectivity index (χ1n) is 21.4. The van der Waals surface area contributed by atoms with E-state index in [0.29, 0.717) is 5.82 Å². The number of hydrogen-bond acceptors (Lipinski definition) is 2. The van der Waals surface area contributed by atoms with Crippen LogP contribution < -0.4 is 0 Å². The molecule has 4 nitrogen and oxygen atoms in total. The molecule has 0 aliphatic heterocycles. The Balaban J connectivity index is 0.911. The third-order valence-corrected chi connectivity index (χ3v) is 12.5. The Morgan fingerprint density at radius 2 is 0.806 bits per heavy atom. The lowest BCUT2D eigenvalue weighted by Crippen LogP contribution is -2.01. The number of rotatable bonds is 7. The van der Waals surface area contributed by atoms with E-state index in [-0.39, 0.29) is 0 Å². The van der Waals surface area contributed by atoms with Crippen molar-refractivity contribution in [2.45, 2.75) is 12.8 Å². The monoisotopic (exact) mass is 792 g/mol. The van der Waals surface area contributed by atoms with Crippen LogP contribution in [0.25, 0.3) is 106 Å². The summed E-state index contributed by atoms with van der Waals surface area (Å²) in [5.74, 6) is 0.711. The fraction of sp³-hybridized carbons (Fsp3) is 0.0345. The third-order valence-electron chi connectivity index (χ3n) is 12.5. The van der Waals surface area contributed by atoms with Crippen LogP contribution in [-0.2, 0) is 0 Å². The molecule has 292 valence electrons. The lowest BCUT2D eigenvalue weighted by atomic mass is 9.94. The molecule has 4 heteroatoms. The van der Waals surface area contributed by atoms with Gasteiger partial charge in [-0.05, 0) is 83.6 Å². The van der Waals surface area contributed by atoms with E-state index < -0.39 is 0 Å². The molecule has 0 radical (unpaired) electrons. The summed E-state index contributed by atoms with van der Waals surface area (Å²) in [6.07, 6.45) is 6.58. The molecule has 0 amide bonds. The average Bonchev–Trinajstić information content (AvgIpc) is 3.87. The van der Waals surface area contributed by atoms with E-state index in [1.54, 1.807) is 0 Å². The van der Waals surface area contributed by atoms with E-state index in [1.165, 1.54) is 71.7 Å². The maximum absolute atomic E-state index is 5.07. The van der Waals surface area contributed by atoms with Gasteiger partial charge in [0.2, 0.25) is 0 Å². The van der Waals surface area contributed by atoms with Crippen LogP contribution in [-0.4, -0.2) is 19.1 Å². The maximum atomic E-state index is 5.07. The second kappa shape index (κ2) is 14.9. The van der Waals surface area contributed by atoms with Crippen LogP contribution in [0.3, 0.4) is 0 Å². The fourth-order valence-corrected chi connectivity index (χ4v) is 9.44. The molecule has 62 heavy (non-hydrogen) atoms. The molecule has 0 atom stereocenters. The number of benzene rings is 8. The van der Waals surface area contributed by atoms with Gasteiger partial charge in [-0.25, -0.2) is 9.97 Å². The van der Waals surface area contributed by atoms with Gasteiger partial charge in [-0.2, -0.15) is 0 Å². The Bertz CT molecular complexity index is 3480. The summed E-state index contributed by atoms with van der Waals surface area (Å²) in [5, 5.41) is 5.08. The van der Waals surface area contributed by atoms with Gasteiger partial charge in [0.05, 0.1) is 33.5 Å². The van der Waals surface area contributed by atoms with Crippen molar-refractivity contribution in [3.63, 3.8) is 0 Å². The third kappa shape index (κ3) is 6.15. The van der Waals surface area contributed by atoms with Gasteiger partial charge >= 0.3 is 0 Å². The van der Waals surface area contributed by atoms with E-state index in [1.807, 2.05) is 12.1 Å². The Morgan fingerprint density at radius 1 is 0.323 bits per heavy atom. The lowest BCUT2D eigenvalue weighted by Gasteiger charge is -2.19. The minimum Gasteiger partial charge on any atom is -0.313 e. The van der Waals surface area contributed by atoms with Gasteiger partial charge in [0.15, 0.2) is 5.82 Å². The Morgan fingerprint density at radius 3 is 1.42 bits per heavy atom. The van der Waals surface area contributed by atoms with Crippen LogP contribution in [0.2, 0.25) is 0 Å². The van der Waals surface area contributed by atoms with Crippen molar-refractivity contribution < 1.29 is 0 Å². The first-order valence-corrected chi connectivity index (χ1v) is 21.4. The average molecular weight is 793 g/mol. The summed E-state index contributed by atoms with van der Waals surface area (Å²) in [6.45, 7) is 0. The van der Waals surface area contributed by atoms with E-state index in [2.05, 4.69) is 215 Å². The maximum Gasteiger partial charge on any atom is 0.160 e. The molecule has 12 rings (SSSR count). The largest absolute Gasteiger partial charge is 0.313 e. The Kier molecular flexibility index (Phi) is 8.60. The molecule has 8 aromatic carbocycles. The standard InChI is InChI=1S/C58H40N4/c1-4-14-41(15-5-1)52-38-53(42-16-6-2-7-17-42)60-58(59-52)43-26-24-39(25-27-43)44-30-34-51-49-21-11-13-23-55(49)62(57(51)36-44)47-32-28-40(29-33-47)45-31-35-50-48-20-10-12-22-54(48)61(56(50)37-45)46-18-8-3-9-19-46/h1-28,30-32,34-38H,29,33H2. The van der Waals surface area contributed by atoms with Gasteiger partial charge in [-0.15, -0.1) is 0 Å². The molecule has 1 aliphatic carbocycles. The molecule has 0 spiro atoms. The zero-order valence-electron chi connectivity index (χ0n) is 34.0. The van der Waals surface area contributed by atoms with Gasteiger partial charge in [-0.3, -0.25) is 0 Å². The molecular formula is C58H40N4. The van der Waals surface area contributed by atoms with E-state index in [4.69, 9.17) is 9.97 Å². The van der Waals surface area contributed by atoms with E-state index in [0.717, 1.165) is 46.5 Å². The van der Waals surface area contributed by atoms with Crippen LogP contribution in [0.4, 0.5) is 0 Å². The summed E-state index contributed by atoms with van der Waals surface area (Å²) in [5.41, 5.74) is 17.3. The number of aromatic nitrogens is 4. The smallest absolute Gasteiger partial charge is 0.160 e. The minimum atomic E-state index is 0.711. The predicted octanol–water partition coefficient (Wildman–Crippen LogP) is 15.1. The fourth-order valence-electron chi connectivity index (χ4n) is 9.44. The first-order chi connectivity index (χ1) is 30.7. The molecule has 0 N–H and O–H groups in total. The van der Waals surface area contributed by atoms with Crippen LogP contribution in [0.15, 0.2) is 218 Å². The number of fused-ring (bicyclic) bond motifs is 6. The van der Waals surface area contributed by atoms with Crippen molar-refractivity contribution >= 4 is 54.9 Å². The van der Waals surface area contributed by atoms with Crippen molar-refractivity contribution in [2.75, 3.05) is 0 Å². The highest BCUT2D eigenvalue weighted by Gasteiger charge is 2.19. The van der Waals surface area contributed by atoms with Crippen LogP contribution in [0, 0.1) is 0 Å². The Labute approximate surface area is 360 Å². The molecule has 11 aromatic rings. The van der Waals surface area contributed by atoms with Crippen molar-refractivity contribution in [1.29, 1.82) is 0 Å². The lowest BCUT2D eigenvalue weighted by molar-refractivity contribution is 0.992. The second-order valence-corrected chi connectivity index (χ2v) is 16.1. The summed E-state index contributed by atoms with van der Waals surface area (Å²) in [7, 11) is 0. The molecule has 1 aliphatic rings.